The molecule has 1 heterocycles. The van der Waals surface area contributed by atoms with E-state index in [9.17, 15) is 22.4 Å². The summed E-state index contributed by atoms with van der Waals surface area (Å²) < 4.78 is 62.1. The Bertz CT molecular complexity index is 809. The van der Waals surface area contributed by atoms with Crippen molar-refractivity contribution in [2.24, 2.45) is 0 Å². The normalized spacial score (nSPS) is 20.8. The van der Waals surface area contributed by atoms with Gasteiger partial charge in [0.05, 0.1) is 5.70 Å². The van der Waals surface area contributed by atoms with E-state index in [0.29, 0.717) is 5.56 Å². The van der Waals surface area contributed by atoms with Gasteiger partial charge in [-0.25, -0.2) is 4.79 Å². The van der Waals surface area contributed by atoms with Crippen LogP contribution in [0.5, 0.6) is 0 Å². The number of amides is 1. The van der Waals surface area contributed by atoms with E-state index in [-0.39, 0.29) is 17.1 Å². The zero-order valence-corrected chi connectivity index (χ0v) is 13.5. The summed E-state index contributed by atoms with van der Waals surface area (Å²) in [5.74, 6) is -9.09. The third-order valence-electron chi connectivity index (χ3n) is 4.19. The van der Waals surface area contributed by atoms with Crippen molar-refractivity contribution in [3.05, 3.63) is 84.1 Å². The van der Waals surface area contributed by atoms with Gasteiger partial charge in [-0.2, -0.15) is 17.6 Å². The molecule has 3 nitrogen and oxygen atoms in total. The number of likely N-dealkylation sites (tertiary alicyclic amines) is 1. The monoisotopic (exact) mass is 365 g/mol. The second-order valence-electron chi connectivity index (χ2n) is 5.87. The molecule has 0 aliphatic carbocycles. The highest BCUT2D eigenvalue weighted by Gasteiger charge is 2.73. The van der Waals surface area contributed by atoms with Crippen LogP contribution in [0.15, 0.2) is 72.9 Å². The molecule has 1 saturated heterocycles. The van der Waals surface area contributed by atoms with E-state index in [0.717, 1.165) is 0 Å². The Balaban J connectivity index is 1.92. The first-order valence-corrected chi connectivity index (χ1v) is 7.76. The van der Waals surface area contributed by atoms with E-state index in [1.807, 2.05) is 0 Å². The minimum absolute atomic E-state index is 0.132. The van der Waals surface area contributed by atoms with Crippen LogP contribution in [0.1, 0.15) is 17.2 Å². The standard InChI is InChI=1S/C19H15F4NO2/c1-13-18(20,21)19(22,23)16(15-10-6-3-7-11-15)24(13)17(25)26-12-14-8-4-2-5-9-14/h2-11,16H,1,12H2. The SMILES string of the molecule is C=C1N(C(=O)OCc2ccccc2)C(c2ccccc2)C(F)(F)C1(F)F. The van der Waals surface area contributed by atoms with Crippen molar-refractivity contribution < 1.29 is 27.1 Å². The lowest BCUT2D eigenvalue weighted by Crippen LogP contribution is -2.40. The first-order chi connectivity index (χ1) is 12.3. The van der Waals surface area contributed by atoms with Crippen LogP contribution in [0.4, 0.5) is 22.4 Å². The molecule has 1 aliphatic heterocycles. The lowest BCUT2D eigenvalue weighted by atomic mass is 10.00. The number of carbonyl (C=O) groups is 1. The van der Waals surface area contributed by atoms with Gasteiger partial charge in [0, 0.05) is 0 Å². The van der Waals surface area contributed by atoms with Gasteiger partial charge in [-0.15, -0.1) is 0 Å². The molecular weight excluding hydrogens is 350 g/mol. The fraction of sp³-hybridized carbons (Fsp3) is 0.211. The molecule has 0 N–H and O–H groups in total. The Morgan fingerprint density at radius 3 is 2.12 bits per heavy atom. The Morgan fingerprint density at radius 2 is 1.54 bits per heavy atom. The summed E-state index contributed by atoms with van der Waals surface area (Å²) in [7, 11) is 0. The highest BCUT2D eigenvalue weighted by molar-refractivity contribution is 5.73. The largest absolute Gasteiger partial charge is 0.444 e. The molecule has 0 spiro atoms. The summed E-state index contributed by atoms with van der Waals surface area (Å²) in [6.07, 6.45) is -1.30. The van der Waals surface area contributed by atoms with Gasteiger partial charge >= 0.3 is 17.9 Å². The molecule has 0 radical (unpaired) electrons. The van der Waals surface area contributed by atoms with Crippen LogP contribution in [-0.4, -0.2) is 22.8 Å². The average Bonchev–Trinajstić information content (AvgIpc) is 2.78. The smallest absolute Gasteiger partial charge is 0.415 e. The lowest BCUT2D eigenvalue weighted by molar-refractivity contribution is -0.179. The molecule has 0 bridgehead atoms. The highest BCUT2D eigenvalue weighted by Crippen LogP contribution is 2.57. The van der Waals surface area contributed by atoms with E-state index >= 15 is 0 Å². The first kappa shape index (κ1) is 18.0. The number of halogens is 4. The fourth-order valence-electron chi connectivity index (χ4n) is 2.83. The molecule has 136 valence electrons. The molecule has 26 heavy (non-hydrogen) atoms. The zero-order chi connectivity index (χ0) is 18.9. The van der Waals surface area contributed by atoms with Crippen LogP contribution in [0.25, 0.3) is 0 Å². The van der Waals surface area contributed by atoms with Gasteiger partial charge in [-0.05, 0) is 11.1 Å². The Hall–Kier alpha value is -2.83. The quantitative estimate of drug-likeness (QED) is 0.703. The van der Waals surface area contributed by atoms with Gasteiger partial charge in [0.1, 0.15) is 12.6 Å². The van der Waals surface area contributed by atoms with E-state index < -0.39 is 29.7 Å². The number of benzene rings is 2. The van der Waals surface area contributed by atoms with Crippen LogP contribution in [0.2, 0.25) is 0 Å². The number of hydrogen-bond acceptors (Lipinski definition) is 2. The minimum atomic E-state index is -4.57. The number of rotatable bonds is 3. The van der Waals surface area contributed by atoms with Crippen molar-refractivity contribution in [2.45, 2.75) is 24.5 Å². The lowest BCUT2D eigenvalue weighted by Gasteiger charge is -2.26. The second-order valence-corrected chi connectivity index (χ2v) is 5.87. The average molecular weight is 365 g/mol. The molecule has 1 fully saturated rings. The predicted molar refractivity (Wildman–Crippen MR) is 86.7 cm³/mol. The maximum Gasteiger partial charge on any atom is 0.415 e. The number of carbonyl (C=O) groups excluding carboxylic acids is 1. The summed E-state index contributed by atoms with van der Waals surface area (Å²) in [6, 6.07) is 13.2. The van der Waals surface area contributed by atoms with Gasteiger partial charge in [-0.1, -0.05) is 67.2 Å². The summed E-state index contributed by atoms with van der Waals surface area (Å²) in [5.41, 5.74) is -0.817. The van der Waals surface area contributed by atoms with Crippen molar-refractivity contribution >= 4 is 6.09 Å². The van der Waals surface area contributed by atoms with Crippen molar-refractivity contribution in [3.63, 3.8) is 0 Å². The molecule has 1 atom stereocenters. The summed E-state index contributed by atoms with van der Waals surface area (Å²) >= 11 is 0. The Morgan fingerprint density at radius 1 is 1.00 bits per heavy atom. The van der Waals surface area contributed by atoms with Gasteiger partial charge in [0.15, 0.2) is 0 Å². The van der Waals surface area contributed by atoms with Crippen molar-refractivity contribution in [2.75, 3.05) is 0 Å². The molecule has 3 rings (SSSR count). The first-order valence-electron chi connectivity index (χ1n) is 7.76. The topological polar surface area (TPSA) is 29.5 Å². The summed E-state index contributed by atoms with van der Waals surface area (Å²) in [4.78, 5) is 12.6. The van der Waals surface area contributed by atoms with E-state index in [1.54, 1.807) is 36.4 Å². The second kappa shape index (κ2) is 6.48. The summed E-state index contributed by atoms with van der Waals surface area (Å²) in [5, 5.41) is 0. The predicted octanol–water partition coefficient (Wildman–Crippen LogP) is 5.16. The van der Waals surface area contributed by atoms with Crippen LogP contribution in [0.3, 0.4) is 0 Å². The van der Waals surface area contributed by atoms with Gasteiger partial charge in [-0.3, -0.25) is 4.90 Å². The van der Waals surface area contributed by atoms with E-state index in [4.69, 9.17) is 4.74 Å². The van der Waals surface area contributed by atoms with Crippen molar-refractivity contribution in [1.29, 1.82) is 0 Å². The van der Waals surface area contributed by atoms with Crippen molar-refractivity contribution in [3.8, 4) is 0 Å². The molecule has 0 saturated carbocycles. The maximum absolute atomic E-state index is 14.4. The van der Waals surface area contributed by atoms with Crippen LogP contribution < -0.4 is 0 Å². The highest BCUT2D eigenvalue weighted by atomic mass is 19.3. The Kier molecular flexibility index (Phi) is 4.48. The molecule has 2 aromatic carbocycles. The van der Waals surface area contributed by atoms with E-state index in [2.05, 4.69) is 6.58 Å². The number of ether oxygens (including phenoxy) is 1. The van der Waals surface area contributed by atoms with Crippen LogP contribution in [-0.2, 0) is 11.3 Å². The molecule has 1 unspecified atom stereocenters. The molecule has 1 amide bonds. The number of allylic oxidation sites excluding steroid dienone is 1. The minimum Gasteiger partial charge on any atom is -0.444 e. The molecule has 7 heteroatoms. The van der Waals surface area contributed by atoms with Crippen molar-refractivity contribution in [1.82, 2.24) is 4.90 Å². The van der Waals surface area contributed by atoms with E-state index in [1.165, 1.54) is 24.3 Å². The third-order valence-corrected chi connectivity index (χ3v) is 4.19. The number of alkyl halides is 4. The number of hydrogen-bond donors (Lipinski definition) is 0. The van der Waals surface area contributed by atoms with Gasteiger partial charge < -0.3 is 4.74 Å². The number of nitrogens with zero attached hydrogens (tertiary/aromatic N) is 1. The fourth-order valence-corrected chi connectivity index (χ4v) is 2.83. The van der Waals surface area contributed by atoms with Crippen LogP contribution in [0, 0.1) is 0 Å². The summed E-state index contributed by atoms with van der Waals surface area (Å²) in [6.45, 7) is 2.80. The van der Waals surface area contributed by atoms with Crippen LogP contribution >= 0.6 is 0 Å². The zero-order valence-electron chi connectivity index (χ0n) is 13.5. The van der Waals surface area contributed by atoms with Gasteiger partial charge in [0.25, 0.3) is 0 Å². The van der Waals surface area contributed by atoms with Gasteiger partial charge in [0.2, 0.25) is 0 Å². The Labute approximate surface area is 147 Å². The molecular formula is C19H15F4NO2. The molecule has 2 aromatic rings. The maximum atomic E-state index is 14.4. The molecule has 1 aliphatic rings. The third kappa shape index (κ3) is 2.83. The molecule has 0 aromatic heterocycles.